The van der Waals surface area contributed by atoms with Gasteiger partial charge in [-0.25, -0.2) is 8.42 Å². The highest BCUT2D eigenvalue weighted by atomic mass is 32.2. The summed E-state index contributed by atoms with van der Waals surface area (Å²) in [6.45, 7) is 0.431. The summed E-state index contributed by atoms with van der Waals surface area (Å²) in [5.41, 5.74) is 2.08. The van der Waals surface area contributed by atoms with Crippen molar-refractivity contribution in [2.24, 2.45) is 0 Å². The van der Waals surface area contributed by atoms with Crippen LogP contribution in [0.25, 0.3) is 0 Å². The number of carbonyl (C=O) groups excluding carboxylic acids is 1. The maximum Gasteiger partial charge on any atom is 0.264 e. The van der Waals surface area contributed by atoms with Crippen molar-refractivity contribution in [1.82, 2.24) is 5.32 Å². The summed E-state index contributed by atoms with van der Waals surface area (Å²) >= 11 is 0. The van der Waals surface area contributed by atoms with Gasteiger partial charge in [-0.15, -0.1) is 0 Å². The van der Waals surface area contributed by atoms with Gasteiger partial charge in [0.25, 0.3) is 15.9 Å². The minimum Gasteiger partial charge on any atom is -0.393 e. The fourth-order valence-corrected chi connectivity index (χ4v) is 5.75. The number of nitrogens with one attached hydrogen (secondary N) is 1. The third-order valence-electron chi connectivity index (χ3n) is 5.78. The lowest BCUT2D eigenvalue weighted by Crippen LogP contribution is -2.39. The highest BCUT2D eigenvalue weighted by molar-refractivity contribution is 7.92. The van der Waals surface area contributed by atoms with Crippen LogP contribution in [0.1, 0.15) is 48.0 Å². The first kappa shape index (κ1) is 19.9. The Morgan fingerprint density at radius 2 is 1.79 bits per heavy atom. The topological polar surface area (TPSA) is 86.7 Å². The number of fused-ring (bicyclic) bond motifs is 1. The summed E-state index contributed by atoms with van der Waals surface area (Å²) < 4.78 is 28.1. The molecule has 1 fully saturated rings. The van der Waals surface area contributed by atoms with Crippen LogP contribution >= 0.6 is 0 Å². The largest absolute Gasteiger partial charge is 0.393 e. The van der Waals surface area contributed by atoms with E-state index in [1.54, 1.807) is 18.2 Å². The summed E-state index contributed by atoms with van der Waals surface area (Å²) in [6.07, 6.45) is 4.15. The molecule has 0 unspecified atom stereocenters. The normalized spacial score (nSPS) is 22.0. The summed E-state index contributed by atoms with van der Waals surface area (Å²) in [7, 11) is -3.75. The fourth-order valence-electron chi connectivity index (χ4n) is 4.16. The van der Waals surface area contributed by atoms with Crippen molar-refractivity contribution in [3.63, 3.8) is 0 Å². The van der Waals surface area contributed by atoms with Crippen LogP contribution in [-0.2, 0) is 16.4 Å². The Labute approximate surface area is 171 Å². The van der Waals surface area contributed by atoms with Gasteiger partial charge in [0.2, 0.25) is 0 Å². The van der Waals surface area contributed by atoms with Gasteiger partial charge >= 0.3 is 0 Å². The molecule has 6 nitrogen and oxygen atoms in total. The van der Waals surface area contributed by atoms with Gasteiger partial charge in [-0.2, -0.15) is 0 Å². The number of hydrogen-bond donors (Lipinski definition) is 2. The third kappa shape index (κ3) is 4.16. The van der Waals surface area contributed by atoms with Gasteiger partial charge in [-0.1, -0.05) is 24.3 Å². The second-order valence-corrected chi connectivity index (χ2v) is 9.68. The Bertz CT molecular complexity index is 997. The molecule has 2 aromatic rings. The number of benzene rings is 2. The number of hydrogen-bond acceptors (Lipinski definition) is 4. The fraction of sp³-hybridized carbons (Fsp3) is 0.409. The van der Waals surface area contributed by atoms with E-state index in [1.165, 1.54) is 10.4 Å². The number of aliphatic hydroxyl groups is 1. The Morgan fingerprint density at radius 1 is 1.03 bits per heavy atom. The summed E-state index contributed by atoms with van der Waals surface area (Å²) in [5, 5.41) is 12.6. The zero-order valence-corrected chi connectivity index (χ0v) is 17.1. The molecule has 0 radical (unpaired) electrons. The Morgan fingerprint density at radius 3 is 2.59 bits per heavy atom. The van der Waals surface area contributed by atoms with Crippen LogP contribution in [-0.4, -0.2) is 38.1 Å². The SMILES string of the molecule is O=C(NC1CCC(O)CC1)c1cccc(S(=O)(=O)N2CCCc3ccccc32)c1. The average Bonchev–Trinajstić information content (AvgIpc) is 2.75. The maximum atomic E-state index is 13.3. The van der Waals surface area contributed by atoms with Gasteiger partial charge in [-0.3, -0.25) is 9.10 Å². The molecule has 7 heteroatoms. The molecule has 1 aliphatic carbocycles. The molecule has 1 aliphatic heterocycles. The van der Waals surface area contributed by atoms with Crippen LogP contribution in [0.4, 0.5) is 5.69 Å². The number of anilines is 1. The summed E-state index contributed by atoms with van der Waals surface area (Å²) in [6, 6.07) is 13.8. The molecular weight excluding hydrogens is 388 g/mol. The molecule has 29 heavy (non-hydrogen) atoms. The Hall–Kier alpha value is -2.38. The van der Waals surface area contributed by atoms with E-state index >= 15 is 0 Å². The minimum absolute atomic E-state index is 0.0140. The molecule has 0 aromatic heterocycles. The summed E-state index contributed by atoms with van der Waals surface area (Å²) in [4.78, 5) is 12.8. The van der Waals surface area contributed by atoms with Gasteiger partial charge in [-0.05, 0) is 68.4 Å². The van der Waals surface area contributed by atoms with E-state index < -0.39 is 10.0 Å². The number of para-hydroxylation sites is 1. The molecule has 2 aliphatic rings. The standard InChI is InChI=1S/C22H26N2O4S/c25-19-12-10-18(11-13-19)23-22(26)17-6-3-8-20(15-17)29(27,28)24-14-4-7-16-5-1-2-9-21(16)24/h1-3,5-6,8-9,15,18-19,25H,4,7,10-14H2,(H,23,26). The van der Waals surface area contributed by atoms with Crippen molar-refractivity contribution in [2.45, 2.75) is 55.6 Å². The van der Waals surface area contributed by atoms with Crippen molar-refractivity contribution >= 4 is 21.6 Å². The smallest absolute Gasteiger partial charge is 0.264 e. The first-order valence-electron chi connectivity index (χ1n) is 10.1. The number of aryl methyl sites for hydroxylation is 1. The third-order valence-corrected chi connectivity index (χ3v) is 7.59. The molecule has 0 atom stereocenters. The number of nitrogens with zero attached hydrogens (tertiary/aromatic N) is 1. The van der Waals surface area contributed by atoms with Crippen LogP contribution in [0.3, 0.4) is 0 Å². The van der Waals surface area contributed by atoms with E-state index in [9.17, 15) is 18.3 Å². The molecular formula is C22H26N2O4S. The molecule has 1 saturated carbocycles. The van der Waals surface area contributed by atoms with E-state index in [0.717, 1.165) is 36.9 Å². The van der Waals surface area contributed by atoms with Gasteiger partial charge in [0, 0.05) is 18.2 Å². The van der Waals surface area contributed by atoms with E-state index in [4.69, 9.17) is 0 Å². The zero-order chi connectivity index (χ0) is 20.4. The van der Waals surface area contributed by atoms with E-state index in [2.05, 4.69) is 5.32 Å². The molecule has 0 bridgehead atoms. The van der Waals surface area contributed by atoms with Crippen molar-refractivity contribution in [1.29, 1.82) is 0 Å². The van der Waals surface area contributed by atoms with Gasteiger partial charge in [0.15, 0.2) is 0 Å². The maximum absolute atomic E-state index is 13.3. The van der Waals surface area contributed by atoms with Crippen molar-refractivity contribution in [3.05, 3.63) is 59.7 Å². The summed E-state index contributed by atoms with van der Waals surface area (Å²) in [5.74, 6) is -0.275. The van der Waals surface area contributed by atoms with E-state index in [1.807, 2.05) is 24.3 Å². The van der Waals surface area contributed by atoms with Gasteiger partial charge < -0.3 is 10.4 Å². The number of aliphatic hydroxyl groups excluding tert-OH is 1. The number of amides is 1. The van der Waals surface area contributed by atoms with Crippen LogP contribution in [0.2, 0.25) is 0 Å². The lowest BCUT2D eigenvalue weighted by molar-refractivity contribution is 0.0867. The van der Waals surface area contributed by atoms with Crippen LogP contribution in [0.15, 0.2) is 53.4 Å². The van der Waals surface area contributed by atoms with Gasteiger partial charge in [0.1, 0.15) is 0 Å². The lowest BCUT2D eigenvalue weighted by Gasteiger charge is -2.30. The second kappa shape index (κ2) is 8.16. The predicted octanol–water partition coefficient (Wildman–Crippen LogP) is 2.86. The molecule has 1 amide bonds. The molecule has 154 valence electrons. The number of rotatable bonds is 4. The average molecular weight is 415 g/mol. The molecule has 1 heterocycles. The Kier molecular flexibility index (Phi) is 5.61. The Balaban J connectivity index is 1.56. The van der Waals surface area contributed by atoms with E-state index in [-0.39, 0.29) is 22.9 Å². The van der Waals surface area contributed by atoms with Crippen molar-refractivity contribution in [3.8, 4) is 0 Å². The predicted molar refractivity (Wildman–Crippen MR) is 111 cm³/mol. The van der Waals surface area contributed by atoms with Crippen molar-refractivity contribution < 1.29 is 18.3 Å². The first-order valence-corrected chi connectivity index (χ1v) is 11.6. The lowest BCUT2D eigenvalue weighted by atomic mass is 9.93. The molecule has 0 spiro atoms. The van der Waals surface area contributed by atoms with Crippen LogP contribution < -0.4 is 9.62 Å². The van der Waals surface area contributed by atoms with Crippen LogP contribution in [0.5, 0.6) is 0 Å². The quantitative estimate of drug-likeness (QED) is 0.805. The highest BCUT2D eigenvalue weighted by Gasteiger charge is 2.29. The van der Waals surface area contributed by atoms with E-state index in [0.29, 0.717) is 24.9 Å². The molecule has 2 N–H and O–H groups in total. The molecule has 2 aromatic carbocycles. The minimum atomic E-state index is -3.75. The number of carbonyl (C=O) groups is 1. The van der Waals surface area contributed by atoms with Crippen molar-refractivity contribution in [2.75, 3.05) is 10.8 Å². The molecule has 4 rings (SSSR count). The van der Waals surface area contributed by atoms with Gasteiger partial charge in [0.05, 0.1) is 16.7 Å². The molecule has 0 saturated heterocycles. The zero-order valence-electron chi connectivity index (χ0n) is 16.3. The first-order chi connectivity index (χ1) is 13.9. The highest BCUT2D eigenvalue weighted by Crippen LogP contribution is 2.32. The number of sulfonamides is 1. The van der Waals surface area contributed by atoms with Crippen LogP contribution in [0, 0.1) is 0 Å². The monoisotopic (exact) mass is 414 g/mol. The second-order valence-electron chi connectivity index (χ2n) is 7.82.